The highest BCUT2D eigenvalue weighted by atomic mass is 16.3. The van der Waals surface area contributed by atoms with Crippen molar-refractivity contribution in [1.29, 1.82) is 0 Å². The van der Waals surface area contributed by atoms with E-state index < -0.39 is 0 Å². The summed E-state index contributed by atoms with van der Waals surface area (Å²) in [6, 6.07) is 0. The van der Waals surface area contributed by atoms with Crippen LogP contribution in [0.2, 0.25) is 0 Å². The van der Waals surface area contributed by atoms with Crippen molar-refractivity contribution in [3.63, 3.8) is 0 Å². The van der Waals surface area contributed by atoms with E-state index in [0.29, 0.717) is 11.8 Å². The van der Waals surface area contributed by atoms with Crippen LogP contribution in [-0.4, -0.2) is 11.2 Å². The Kier molecular flexibility index (Phi) is 7.27. The fraction of sp³-hybridized carbons (Fsp3) is 0.750. The molecule has 0 bridgehead atoms. The molecule has 0 radical (unpaired) electrons. The van der Waals surface area contributed by atoms with Gasteiger partial charge < -0.3 is 5.11 Å². The van der Waals surface area contributed by atoms with Crippen molar-refractivity contribution in [2.45, 2.75) is 64.9 Å². The maximum atomic E-state index is 10.2. The van der Waals surface area contributed by atoms with Gasteiger partial charge >= 0.3 is 0 Å². The molecule has 1 N–H and O–H groups in total. The van der Waals surface area contributed by atoms with Gasteiger partial charge in [-0.05, 0) is 56.8 Å². The number of hydrogen-bond donors (Lipinski definition) is 1. The van der Waals surface area contributed by atoms with Crippen molar-refractivity contribution in [3.05, 3.63) is 24.3 Å². The maximum absolute atomic E-state index is 10.2. The van der Waals surface area contributed by atoms with Gasteiger partial charge in [0.15, 0.2) is 0 Å². The van der Waals surface area contributed by atoms with E-state index in [4.69, 9.17) is 0 Å². The first-order valence-electron chi connectivity index (χ1n) is 7.20. The van der Waals surface area contributed by atoms with Gasteiger partial charge in [0, 0.05) is 0 Å². The van der Waals surface area contributed by atoms with Crippen LogP contribution < -0.4 is 0 Å². The van der Waals surface area contributed by atoms with Crippen molar-refractivity contribution in [2.24, 2.45) is 11.8 Å². The molecule has 0 heterocycles. The lowest BCUT2D eigenvalue weighted by Gasteiger charge is -2.25. The molecule has 1 aliphatic carbocycles. The van der Waals surface area contributed by atoms with Crippen LogP contribution in [0, 0.1) is 11.8 Å². The van der Waals surface area contributed by atoms with Gasteiger partial charge in [0.05, 0.1) is 6.10 Å². The molecular formula is C16H28O. The van der Waals surface area contributed by atoms with Crippen LogP contribution in [0.25, 0.3) is 0 Å². The average molecular weight is 236 g/mol. The van der Waals surface area contributed by atoms with Gasteiger partial charge in [0.1, 0.15) is 0 Å². The van der Waals surface area contributed by atoms with Gasteiger partial charge in [-0.25, -0.2) is 0 Å². The number of aliphatic hydroxyl groups excluding tert-OH is 1. The molecule has 0 aromatic rings. The predicted molar refractivity (Wildman–Crippen MR) is 74.9 cm³/mol. The molecule has 1 aliphatic rings. The van der Waals surface area contributed by atoms with Crippen molar-refractivity contribution in [1.82, 2.24) is 0 Å². The summed E-state index contributed by atoms with van der Waals surface area (Å²) in [7, 11) is 0. The molecule has 2 unspecified atom stereocenters. The fourth-order valence-electron chi connectivity index (χ4n) is 2.50. The number of allylic oxidation sites excluding steroid dienone is 4. The van der Waals surface area contributed by atoms with Crippen LogP contribution in [-0.2, 0) is 0 Å². The molecule has 0 aromatic heterocycles. The van der Waals surface area contributed by atoms with E-state index in [1.54, 1.807) is 0 Å². The fourth-order valence-corrected chi connectivity index (χ4v) is 2.50. The summed E-state index contributed by atoms with van der Waals surface area (Å²) in [5.74, 6) is 0.861. The second kappa shape index (κ2) is 8.52. The summed E-state index contributed by atoms with van der Waals surface area (Å²) in [6.45, 7) is 4.24. The van der Waals surface area contributed by atoms with Crippen LogP contribution in [0.4, 0.5) is 0 Å². The van der Waals surface area contributed by atoms with Crippen LogP contribution in [0.5, 0.6) is 0 Å². The van der Waals surface area contributed by atoms with Crippen molar-refractivity contribution >= 4 is 0 Å². The van der Waals surface area contributed by atoms with Gasteiger partial charge in [-0.3, -0.25) is 0 Å². The Balaban J connectivity index is 2.50. The molecule has 0 aromatic carbocycles. The lowest BCUT2D eigenvalue weighted by molar-refractivity contribution is 0.0556. The quantitative estimate of drug-likeness (QED) is 0.701. The van der Waals surface area contributed by atoms with Gasteiger partial charge in [0.2, 0.25) is 0 Å². The smallest absolute Gasteiger partial charge is 0.0591 e. The molecule has 1 nitrogen and oxygen atoms in total. The number of rotatable bonds is 2. The van der Waals surface area contributed by atoms with E-state index in [9.17, 15) is 5.11 Å². The largest absolute Gasteiger partial charge is 0.393 e. The van der Waals surface area contributed by atoms with Crippen molar-refractivity contribution in [2.75, 3.05) is 0 Å². The molecule has 0 saturated carbocycles. The van der Waals surface area contributed by atoms with Crippen molar-refractivity contribution < 1.29 is 5.11 Å². The Morgan fingerprint density at radius 1 is 0.882 bits per heavy atom. The van der Waals surface area contributed by atoms with Crippen LogP contribution in [0.3, 0.4) is 0 Å². The highest BCUT2D eigenvalue weighted by Crippen LogP contribution is 2.24. The maximum Gasteiger partial charge on any atom is 0.0591 e. The summed E-state index contributed by atoms with van der Waals surface area (Å²) < 4.78 is 0. The lowest BCUT2D eigenvalue weighted by Crippen LogP contribution is -2.26. The second-order valence-electron chi connectivity index (χ2n) is 5.52. The SMILES string of the molecule is CC(C)C(O)C1CC/C=C/CC/C=C/CCC1. The molecule has 1 heteroatoms. The molecule has 1 rings (SSSR count). The molecule has 98 valence electrons. The Hall–Kier alpha value is -0.560. The zero-order valence-corrected chi connectivity index (χ0v) is 11.4. The van der Waals surface area contributed by atoms with Gasteiger partial charge in [-0.15, -0.1) is 0 Å². The van der Waals surface area contributed by atoms with E-state index >= 15 is 0 Å². The minimum absolute atomic E-state index is 0.129. The normalized spacial score (nSPS) is 29.1. The molecule has 0 fully saturated rings. The minimum atomic E-state index is -0.129. The Bertz CT molecular complexity index is 240. The van der Waals surface area contributed by atoms with Crippen molar-refractivity contribution in [3.8, 4) is 0 Å². The molecule has 0 saturated heterocycles. The molecule has 0 spiro atoms. The van der Waals surface area contributed by atoms with Crippen LogP contribution >= 0.6 is 0 Å². The van der Waals surface area contributed by atoms with Gasteiger partial charge in [0.25, 0.3) is 0 Å². The zero-order chi connectivity index (χ0) is 12.5. The highest BCUT2D eigenvalue weighted by molar-refractivity contribution is 4.90. The predicted octanol–water partition coefficient (Wildman–Crippen LogP) is 4.48. The molecule has 0 aliphatic heterocycles. The number of hydrogen-bond acceptors (Lipinski definition) is 1. The van der Waals surface area contributed by atoms with E-state index in [2.05, 4.69) is 38.2 Å². The van der Waals surface area contributed by atoms with E-state index in [1.807, 2.05) is 0 Å². The second-order valence-corrected chi connectivity index (χ2v) is 5.52. The van der Waals surface area contributed by atoms with E-state index in [-0.39, 0.29) is 6.10 Å². The Morgan fingerprint density at radius 2 is 1.47 bits per heavy atom. The summed E-state index contributed by atoms with van der Waals surface area (Å²) >= 11 is 0. The third kappa shape index (κ3) is 6.07. The first kappa shape index (κ1) is 14.5. The molecule has 2 atom stereocenters. The van der Waals surface area contributed by atoms with Crippen LogP contribution in [0.1, 0.15) is 58.8 Å². The summed E-state index contributed by atoms with van der Waals surface area (Å²) in [5.41, 5.74) is 0. The zero-order valence-electron chi connectivity index (χ0n) is 11.4. The third-order valence-corrected chi connectivity index (χ3v) is 3.65. The average Bonchev–Trinajstić information content (AvgIpc) is 2.29. The monoisotopic (exact) mass is 236 g/mol. The Labute approximate surface area is 107 Å². The van der Waals surface area contributed by atoms with Crippen LogP contribution in [0.15, 0.2) is 24.3 Å². The third-order valence-electron chi connectivity index (χ3n) is 3.65. The minimum Gasteiger partial charge on any atom is -0.393 e. The van der Waals surface area contributed by atoms with E-state index in [1.165, 1.54) is 19.3 Å². The summed E-state index contributed by atoms with van der Waals surface area (Å²) in [4.78, 5) is 0. The summed E-state index contributed by atoms with van der Waals surface area (Å²) in [5, 5.41) is 10.2. The molecular weight excluding hydrogens is 208 g/mol. The number of aliphatic hydroxyl groups is 1. The Morgan fingerprint density at radius 3 is 2.12 bits per heavy atom. The first-order chi connectivity index (χ1) is 8.22. The topological polar surface area (TPSA) is 20.2 Å². The van der Waals surface area contributed by atoms with Gasteiger partial charge in [-0.1, -0.05) is 38.2 Å². The summed E-state index contributed by atoms with van der Waals surface area (Å²) in [6.07, 6.45) is 17.2. The van der Waals surface area contributed by atoms with E-state index in [0.717, 1.165) is 25.7 Å². The molecule has 0 amide bonds. The molecule has 17 heavy (non-hydrogen) atoms. The van der Waals surface area contributed by atoms with Gasteiger partial charge in [-0.2, -0.15) is 0 Å². The first-order valence-corrected chi connectivity index (χ1v) is 7.20. The lowest BCUT2D eigenvalue weighted by atomic mass is 9.85. The highest BCUT2D eigenvalue weighted by Gasteiger charge is 2.20. The standard InChI is InChI=1S/C16H28O/c1-14(2)16(17)15-12-10-8-6-4-3-5-7-9-11-13-15/h4,6-7,9,14-17H,3,5,8,10-13H2,1-2H3/b6-4+,9-7+.